The van der Waals surface area contributed by atoms with E-state index in [4.69, 9.17) is 11.6 Å². The zero-order chi connectivity index (χ0) is 14.7. The second-order valence-electron chi connectivity index (χ2n) is 4.96. The molecule has 4 heteroatoms. The van der Waals surface area contributed by atoms with Crippen LogP contribution in [0.15, 0.2) is 36.5 Å². The van der Waals surface area contributed by atoms with Crippen LogP contribution in [0.3, 0.4) is 0 Å². The Morgan fingerprint density at radius 3 is 2.70 bits per heavy atom. The summed E-state index contributed by atoms with van der Waals surface area (Å²) >= 11 is 9.53. The molecule has 0 radical (unpaired) electrons. The van der Waals surface area contributed by atoms with Gasteiger partial charge in [0.2, 0.25) is 0 Å². The van der Waals surface area contributed by atoms with Crippen molar-refractivity contribution in [3.63, 3.8) is 0 Å². The van der Waals surface area contributed by atoms with Crippen LogP contribution in [0.4, 0.5) is 5.82 Å². The third-order valence-electron chi connectivity index (χ3n) is 3.51. The van der Waals surface area contributed by atoms with Gasteiger partial charge in [0, 0.05) is 23.6 Å². The summed E-state index contributed by atoms with van der Waals surface area (Å²) in [5, 5.41) is 1.59. The van der Waals surface area contributed by atoms with Crippen LogP contribution in [0, 0.1) is 6.92 Å². The monoisotopic (exact) mass is 352 g/mol. The van der Waals surface area contributed by atoms with Gasteiger partial charge in [-0.1, -0.05) is 45.7 Å². The second-order valence-corrected chi connectivity index (χ2v) is 5.96. The van der Waals surface area contributed by atoms with Crippen molar-refractivity contribution < 1.29 is 0 Å². The van der Waals surface area contributed by atoms with E-state index in [0.717, 1.165) is 16.2 Å². The molecule has 0 aliphatic rings. The Kier molecular flexibility index (Phi) is 5.06. The Bertz CT molecular complexity index is 601. The van der Waals surface area contributed by atoms with E-state index in [1.54, 1.807) is 0 Å². The minimum atomic E-state index is 0.217. The summed E-state index contributed by atoms with van der Waals surface area (Å²) in [5.41, 5.74) is 3.55. The van der Waals surface area contributed by atoms with Crippen molar-refractivity contribution in [1.29, 1.82) is 0 Å². The summed E-state index contributed by atoms with van der Waals surface area (Å²) in [6, 6.07) is 10.4. The summed E-state index contributed by atoms with van der Waals surface area (Å²) < 4.78 is 0. The molecule has 2 nitrogen and oxygen atoms in total. The molecule has 0 bridgehead atoms. The van der Waals surface area contributed by atoms with Crippen molar-refractivity contribution >= 4 is 33.3 Å². The van der Waals surface area contributed by atoms with Crippen LogP contribution >= 0.6 is 27.5 Å². The first-order valence-corrected chi connectivity index (χ1v) is 8.02. The van der Waals surface area contributed by atoms with Crippen molar-refractivity contribution in [1.82, 2.24) is 4.98 Å². The third kappa shape index (κ3) is 3.33. The second kappa shape index (κ2) is 6.59. The maximum atomic E-state index is 6.07. The highest BCUT2D eigenvalue weighted by Crippen LogP contribution is 2.28. The largest absolute Gasteiger partial charge is 0.353 e. The molecule has 2 aromatic rings. The molecule has 0 aliphatic carbocycles. The van der Waals surface area contributed by atoms with Crippen molar-refractivity contribution in [3.8, 4) is 0 Å². The summed E-state index contributed by atoms with van der Waals surface area (Å²) in [6.07, 6.45) is 1.91. The van der Waals surface area contributed by atoms with Crippen LogP contribution in [0.5, 0.6) is 0 Å². The van der Waals surface area contributed by atoms with E-state index in [9.17, 15) is 0 Å². The molecule has 0 fully saturated rings. The molecule has 20 heavy (non-hydrogen) atoms. The van der Waals surface area contributed by atoms with Gasteiger partial charge < -0.3 is 4.90 Å². The number of aryl methyl sites for hydroxylation is 1. The van der Waals surface area contributed by atoms with Gasteiger partial charge in [0.05, 0.1) is 6.04 Å². The molecular weight excluding hydrogens is 336 g/mol. The molecule has 0 amide bonds. The van der Waals surface area contributed by atoms with Gasteiger partial charge in [-0.05, 0) is 42.7 Å². The highest BCUT2D eigenvalue weighted by molar-refractivity contribution is 9.08. The molecule has 0 saturated carbocycles. The molecule has 0 aliphatic heterocycles. The summed E-state index contributed by atoms with van der Waals surface area (Å²) in [5.74, 6) is 1.00. The number of aromatic nitrogens is 1. The number of anilines is 1. The number of hydrogen-bond acceptors (Lipinski definition) is 2. The van der Waals surface area contributed by atoms with Crippen LogP contribution in [0.25, 0.3) is 0 Å². The van der Waals surface area contributed by atoms with Gasteiger partial charge in [-0.15, -0.1) is 0 Å². The molecule has 0 saturated heterocycles. The molecule has 1 unspecified atom stereocenters. The minimum absolute atomic E-state index is 0.217. The Balaban J connectivity index is 2.28. The topological polar surface area (TPSA) is 16.1 Å². The minimum Gasteiger partial charge on any atom is -0.353 e. The number of rotatable bonds is 4. The Hall–Kier alpha value is -1.06. The highest BCUT2D eigenvalue weighted by atomic mass is 79.9. The van der Waals surface area contributed by atoms with Gasteiger partial charge in [0.25, 0.3) is 0 Å². The molecule has 0 spiro atoms. The smallest absolute Gasteiger partial charge is 0.131 e. The molecule has 1 atom stereocenters. The fourth-order valence-electron chi connectivity index (χ4n) is 2.24. The first-order valence-electron chi connectivity index (χ1n) is 6.52. The fourth-order valence-corrected chi connectivity index (χ4v) is 2.75. The van der Waals surface area contributed by atoms with Crippen LogP contribution in [0.1, 0.15) is 29.7 Å². The van der Waals surface area contributed by atoms with Crippen molar-refractivity contribution in [3.05, 3.63) is 58.2 Å². The van der Waals surface area contributed by atoms with Crippen LogP contribution in [-0.4, -0.2) is 12.0 Å². The Morgan fingerprint density at radius 1 is 1.35 bits per heavy atom. The highest BCUT2D eigenvalue weighted by Gasteiger charge is 2.15. The number of alkyl halides is 1. The molecule has 0 N–H and O–H groups in total. The number of hydrogen-bond donors (Lipinski definition) is 0. The number of pyridine rings is 1. The van der Waals surface area contributed by atoms with E-state index in [0.29, 0.717) is 0 Å². The Morgan fingerprint density at radius 2 is 2.10 bits per heavy atom. The zero-order valence-electron chi connectivity index (χ0n) is 11.9. The van der Waals surface area contributed by atoms with Crippen LogP contribution in [-0.2, 0) is 5.33 Å². The van der Waals surface area contributed by atoms with Gasteiger partial charge >= 0.3 is 0 Å². The molecular formula is C16H18BrClN2. The fraction of sp³-hybridized carbons (Fsp3) is 0.312. The van der Waals surface area contributed by atoms with Gasteiger partial charge in [0.15, 0.2) is 0 Å². The molecule has 1 heterocycles. The Labute approximate surface area is 133 Å². The van der Waals surface area contributed by atoms with Crippen molar-refractivity contribution in [2.24, 2.45) is 0 Å². The van der Waals surface area contributed by atoms with Crippen LogP contribution in [0.2, 0.25) is 5.02 Å². The molecule has 106 valence electrons. The van der Waals surface area contributed by atoms with E-state index in [1.165, 1.54) is 16.7 Å². The third-order valence-corrected chi connectivity index (χ3v) is 4.39. The van der Waals surface area contributed by atoms with E-state index < -0.39 is 0 Å². The van der Waals surface area contributed by atoms with Crippen molar-refractivity contribution in [2.45, 2.75) is 25.2 Å². The normalized spacial score (nSPS) is 12.2. The van der Waals surface area contributed by atoms with Crippen molar-refractivity contribution in [2.75, 3.05) is 11.9 Å². The SMILES string of the molecule is Cc1cc(CBr)cnc1N(C)C(C)c1cccc(Cl)c1. The lowest BCUT2D eigenvalue weighted by atomic mass is 10.1. The van der Waals surface area contributed by atoms with Crippen LogP contribution < -0.4 is 4.90 Å². The van der Waals surface area contributed by atoms with E-state index >= 15 is 0 Å². The molecule has 2 rings (SSSR count). The van der Waals surface area contributed by atoms with E-state index in [2.05, 4.69) is 58.8 Å². The lowest BCUT2D eigenvalue weighted by Gasteiger charge is -2.28. The number of halogens is 2. The van der Waals surface area contributed by atoms with Gasteiger partial charge in [-0.2, -0.15) is 0 Å². The van der Waals surface area contributed by atoms with E-state index in [1.807, 2.05) is 24.4 Å². The first-order chi connectivity index (χ1) is 9.52. The zero-order valence-corrected chi connectivity index (χ0v) is 14.2. The number of nitrogens with zero attached hydrogens (tertiary/aromatic N) is 2. The molecule has 1 aromatic heterocycles. The molecule has 1 aromatic carbocycles. The maximum absolute atomic E-state index is 6.07. The summed E-state index contributed by atoms with van der Waals surface area (Å²) in [7, 11) is 2.06. The summed E-state index contributed by atoms with van der Waals surface area (Å²) in [6.45, 7) is 4.25. The maximum Gasteiger partial charge on any atom is 0.131 e. The van der Waals surface area contributed by atoms with E-state index in [-0.39, 0.29) is 6.04 Å². The standard InChI is InChI=1S/C16H18BrClN2/c1-11-7-13(9-17)10-19-16(11)20(3)12(2)14-5-4-6-15(18)8-14/h4-8,10,12H,9H2,1-3H3. The lowest BCUT2D eigenvalue weighted by molar-refractivity contribution is 0.725. The quantitative estimate of drug-likeness (QED) is 0.708. The average Bonchev–Trinajstić information content (AvgIpc) is 2.45. The van der Waals surface area contributed by atoms with Gasteiger partial charge in [0.1, 0.15) is 5.82 Å². The summed E-state index contributed by atoms with van der Waals surface area (Å²) in [4.78, 5) is 6.76. The first kappa shape index (κ1) is 15.3. The van der Waals surface area contributed by atoms with Gasteiger partial charge in [-0.3, -0.25) is 0 Å². The number of benzene rings is 1. The predicted molar refractivity (Wildman–Crippen MR) is 89.9 cm³/mol. The average molecular weight is 354 g/mol. The van der Waals surface area contributed by atoms with Gasteiger partial charge in [-0.25, -0.2) is 4.98 Å². The predicted octanol–water partition coefficient (Wildman–Crippen LogP) is 5.14. The lowest BCUT2D eigenvalue weighted by Crippen LogP contribution is -2.23.